The summed E-state index contributed by atoms with van der Waals surface area (Å²) in [4.78, 5) is 0. The smallest absolute Gasteiger partial charge is 0.172 e. The predicted molar refractivity (Wildman–Crippen MR) is 95.3 cm³/mol. The second kappa shape index (κ2) is 7.67. The zero-order valence-corrected chi connectivity index (χ0v) is 15.2. The zero-order valence-electron chi connectivity index (χ0n) is 15.2. The van der Waals surface area contributed by atoms with Crippen LogP contribution in [0.5, 0.6) is 17.2 Å². The molecule has 2 aliphatic rings. The fourth-order valence-electron chi connectivity index (χ4n) is 2.91. The SMILES string of the molecule is C=COc1cc(OCC2(CC)COC2)ccc1OCC1(CC)COC1. The molecular formula is C20H28O5. The number of hydrogen-bond acceptors (Lipinski definition) is 5. The summed E-state index contributed by atoms with van der Waals surface area (Å²) < 4.78 is 28.2. The minimum atomic E-state index is 0.123. The van der Waals surface area contributed by atoms with Crippen molar-refractivity contribution in [3.05, 3.63) is 31.0 Å². The van der Waals surface area contributed by atoms with Gasteiger partial charge in [-0.1, -0.05) is 20.4 Å². The molecule has 25 heavy (non-hydrogen) atoms. The summed E-state index contributed by atoms with van der Waals surface area (Å²) in [6, 6.07) is 5.67. The molecule has 1 aromatic rings. The van der Waals surface area contributed by atoms with Gasteiger partial charge in [0.25, 0.3) is 0 Å². The number of rotatable bonds is 10. The van der Waals surface area contributed by atoms with Crippen LogP contribution < -0.4 is 14.2 Å². The third-order valence-electron chi connectivity index (χ3n) is 5.34. The maximum atomic E-state index is 6.01. The number of ether oxygens (including phenoxy) is 5. The van der Waals surface area contributed by atoms with Crippen molar-refractivity contribution in [1.82, 2.24) is 0 Å². The van der Waals surface area contributed by atoms with E-state index in [0.717, 1.165) is 45.0 Å². The molecule has 0 radical (unpaired) electrons. The maximum Gasteiger partial charge on any atom is 0.172 e. The third kappa shape index (κ3) is 3.93. The number of benzene rings is 1. The molecule has 0 spiro atoms. The highest BCUT2D eigenvalue weighted by Crippen LogP contribution is 2.37. The third-order valence-corrected chi connectivity index (χ3v) is 5.34. The first-order valence-electron chi connectivity index (χ1n) is 8.97. The van der Waals surface area contributed by atoms with Crippen LogP contribution in [0.25, 0.3) is 0 Å². The lowest BCUT2D eigenvalue weighted by molar-refractivity contribution is -0.134. The van der Waals surface area contributed by atoms with E-state index in [1.165, 1.54) is 6.26 Å². The topological polar surface area (TPSA) is 46.2 Å². The minimum Gasteiger partial charge on any atom is -0.493 e. The standard InChI is InChI=1S/C20H28O5/c1-4-19(10-21-11-19)14-24-16-7-8-17(18(9-16)23-6-3)25-15-20(5-2)12-22-13-20/h6-9H,3-5,10-15H2,1-2H3. The van der Waals surface area contributed by atoms with Gasteiger partial charge in [0.15, 0.2) is 11.5 Å². The normalized spacial score (nSPS) is 20.1. The summed E-state index contributed by atoms with van der Waals surface area (Å²) in [7, 11) is 0. The van der Waals surface area contributed by atoms with Crippen molar-refractivity contribution < 1.29 is 23.7 Å². The Morgan fingerprint density at radius 3 is 2.04 bits per heavy atom. The Morgan fingerprint density at radius 2 is 1.56 bits per heavy atom. The van der Waals surface area contributed by atoms with Gasteiger partial charge in [0.05, 0.1) is 56.7 Å². The van der Waals surface area contributed by atoms with Crippen molar-refractivity contribution in [2.24, 2.45) is 10.8 Å². The molecule has 0 unspecified atom stereocenters. The molecule has 5 nitrogen and oxygen atoms in total. The van der Waals surface area contributed by atoms with Gasteiger partial charge >= 0.3 is 0 Å². The van der Waals surface area contributed by atoms with E-state index in [2.05, 4.69) is 20.4 Å². The molecule has 2 aliphatic heterocycles. The largest absolute Gasteiger partial charge is 0.493 e. The average molecular weight is 348 g/mol. The molecule has 0 amide bonds. The first-order valence-corrected chi connectivity index (χ1v) is 8.97. The zero-order chi connectivity index (χ0) is 17.8. The van der Waals surface area contributed by atoms with Crippen molar-refractivity contribution >= 4 is 0 Å². The maximum absolute atomic E-state index is 6.01. The lowest BCUT2D eigenvalue weighted by Crippen LogP contribution is -2.46. The van der Waals surface area contributed by atoms with Crippen molar-refractivity contribution in [3.8, 4) is 17.2 Å². The van der Waals surface area contributed by atoms with Crippen molar-refractivity contribution in [2.75, 3.05) is 39.6 Å². The Balaban J connectivity index is 1.64. The first-order chi connectivity index (χ1) is 12.1. The van der Waals surface area contributed by atoms with Gasteiger partial charge in [-0.15, -0.1) is 0 Å². The highest BCUT2D eigenvalue weighted by atomic mass is 16.5. The van der Waals surface area contributed by atoms with E-state index in [1.54, 1.807) is 0 Å². The van der Waals surface area contributed by atoms with Crippen LogP contribution in [0.1, 0.15) is 26.7 Å². The van der Waals surface area contributed by atoms with Gasteiger partial charge in [-0.25, -0.2) is 0 Å². The van der Waals surface area contributed by atoms with Crippen LogP contribution in [0, 0.1) is 10.8 Å². The van der Waals surface area contributed by atoms with E-state index in [1.807, 2.05) is 18.2 Å². The van der Waals surface area contributed by atoms with E-state index in [-0.39, 0.29) is 10.8 Å². The quantitative estimate of drug-likeness (QED) is 0.602. The van der Waals surface area contributed by atoms with E-state index < -0.39 is 0 Å². The van der Waals surface area contributed by atoms with E-state index >= 15 is 0 Å². The van der Waals surface area contributed by atoms with Gasteiger partial charge in [0.2, 0.25) is 0 Å². The molecule has 138 valence electrons. The van der Waals surface area contributed by atoms with Gasteiger partial charge < -0.3 is 23.7 Å². The molecule has 0 saturated carbocycles. The highest BCUT2D eigenvalue weighted by molar-refractivity contribution is 5.46. The Hall–Kier alpha value is -1.72. The molecule has 0 N–H and O–H groups in total. The van der Waals surface area contributed by atoms with Crippen molar-refractivity contribution in [2.45, 2.75) is 26.7 Å². The summed E-state index contributed by atoms with van der Waals surface area (Å²) in [6.45, 7) is 12.3. The van der Waals surface area contributed by atoms with Crippen molar-refractivity contribution in [3.63, 3.8) is 0 Å². The van der Waals surface area contributed by atoms with Gasteiger partial charge in [-0.3, -0.25) is 0 Å². The van der Waals surface area contributed by atoms with Crippen LogP contribution in [0.3, 0.4) is 0 Å². The predicted octanol–water partition coefficient (Wildman–Crippen LogP) is 3.82. The van der Waals surface area contributed by atoms with Gasteiger partial charge in [0.1, 0.15) is 5.75 Å². The second-order valence-electron chi connectivity index (χ2n) is 7.16. The van der Waals surface area contributed by atoms with Gasteiger partial charge in [0, 0.05) is 6.07 Å². The van der Waals surface area contributed by atoms with E-state index in [0.29, 0.717) is 24.7 Å². The van der Waals surface area contributed by atoms with Crippen LogP contribution in [-0.4, -0.2) is 39.6 Å². The molecule has 1 aromatic carbocycles. The second-order valence-corrected chi connectivity index (χ2v) is 7.16. The molecular weight excluding hydrogens is 320 g/mol. The Morgan fingerprint density at radius 1 is 0.960 bits per heavy atom. The molecule has 0 aromatic heterocycles. The summed E-state index contributed by atoms with van der Waals surface area (Å²) in [5.74, 6) is 2.08. The number of hydrogen-bond donors (Lipinski definition) is 0. The molecule has 5 heteroatoms. The molecule has 2 heterocycles. The van der Waals surface area contributed by atoms with E-state index in [4.69, 9.17) is 23.7 Å². The summed E-state index contributed by atoms with van der Waals surface area (Å²) in [5, 5.41) is 0. The van der Waals surface area contributed by atoms with Crippen LogP contribution in [0.2, 0.25) is 0 Å². The Kier molecular flexibility index (Phi) is 5.54. The minimum absolute atomic E-state index is 0.123. The lowest BCUT2D eigenvalue weighted by Gasteiger charge is -2.40. The summed E-state index contributed by atoms with van der Waals surface area (Å²) in [6.07, 6.45) is 3.49. The van der Waals surface area contributed by atoms with Crippen LogP contribution in [-0.2, 0) is 9.47 Å². The first kappa shape index (κ1) is 18.1. The fraction of sp³-hybridized carbons (Fsp3) is 0.600. The summed E-state index contributed by atoms with van der Waals surface area (Å²) in [5.41, 5.74) is 0.269. The average Bonchev–Trinajstić information content (AvgIpc) is 2.55. The Bertz CT molecular complexity index is 579. The monoisotopic (exact) mass is 348 g/mol. The molecule has 3 rings (SSSR count). The highest BCUT2D eigenvalue weighted by Gasteiger charge is 2.38. The van der Waals surface area contributed by atoms with Crippen molar-refractivity contribution in [1.29, 1.82) is 0 Å². The van der Waals surface area contributed by atoms with Crippen LogP contribution in [0.4, 0.5) is 0 Å². The fourth-order valence-corrected chi connectivity index (χ4v) is 2.91. The van der Waals surface area contributed by atoms with Gasteiger partial charge in [-0.2, -0.15) is 0 Å². The molecule has 2 fully saturated rings. The summed E-state index contributed by atoms with van der Waals surface area (Å²) >= 11 is 0. The molecule has 0 atom stereocenters. The molecule has 0 aliphatic carbocycles. The van der Waals surface area contributed by atoms with E-state index in [9.17, 15) is 0 Å². The molecule has 0 bridgehead atoms. The van der Waals surface area contributed by atoms with Gasteiger partial charge in [-0.05, 0) is 25.0 Å². The Labute approximate surface area is 149 Å². The lowest BCUT2D eigenvalue weighted by atomic mass is 9.84. The van der Waals surface area contributed by atoms with Crippen LogP contribution in [0.15, 0.2) is 31.0 Å². The molecule has 2 saturated heterocycles. The van der Waals surface area contributed by atoms with Crippen LogP contribution >= 0.6 is 0 Å².